The second-order valence-corrected chi connectivity index (χ2v) is 4.79. The molecule has 0 saturated carbocycles. The Morgan fingerprint density at radius 1 is 1.44 bits per heavy atom. The van der Waals surface area contributed by atoms with E-state index in [-0.39, 0.29) is 5.91 Å². The lowest BCUT2D eigenvalue weighted by atomic mass is 10.2. The van der Waals surface area contributed by atoms with E-state index in [1.165, 1.54) is 0 Å². The van der Waals surface area contributed by atoms with Crippen molar-refractivity contribution in [2.24, 2.45) is 0 Å². The van der Waals surface area contributed by atoms with E-state index >= 15 is 0 Å². The molecule has 1 aromatic heterocycles. The van der Waals surface area contributed by atoms with Crippen LogP contribution in [0.3, 0.4) is 0 Å². The molecule has 0 fully saturated rings. The molecule has 1 aliphatic heterocycles. The van der Waals surface area contributed by atoms with Gasteiger partial charge in [0.15, 0.2) is 0 Å². The Balaban J connectivity index is 1.86. The highest BCUT2D eigenvalue weighted by atomic mass is 79.9. The van der Waals surface area contributed by atoms with Crippen LogP contribution in [0.5, 0.6) is 0 Å². The lowest BCUT2D eigenvalue weighted by Crippen LogP contribution is -2.38. The molecule has 2 heterocycles. The molecule has 16 heavy (non-hydrogen) atoms. The average Bonchev–Trinajstić information content (AvgIpc) is 2.76. The zero-order chi connectivity index (χ0) is 11.4. The van der Waals surface area contributed by atoms with E-state index in [1.807, 2.05) is 11.1 Å². The Bertz CT molecular complexity index is 364. The largest absolute Gasteiger partial charge is 0.333 e. The number of amides is 1. The van der Waals surface area contributed by atoms with Crippen LogP contribution in [0.4, 0.5) is 0 Å². The van der Waals surface area contributed by atoms with Crippen molar-refractivity contribution in [2.45, 2.75) is 32.4 Å². The number of hydrogen-bond acceptors (Lipinski definition) is 2. The topological polar surface area (TPSA) is 38.1 Å². The molecule has 1 amide bonds. The van der Waals surface area contributed by atoms with Crippen LogP contribution in [0, 0.1) is 0 Å². The van der Waals surface area contributed by atoms with Gasteiger partial charge in [-0.15, -0.1) is 0 Å². The standard InChI is InChI=1S/C11H16BrN3O/c12-4-2-1-3-11(16)15-8-7-14-6-5-13-10(14)9-15/h5-6H,1-4,7-9H2. The van der Waals surface area contributed by atoms with Crippen LogP contribution in [0.15, 0.2) is 12.4 Å². The molecule has 2 rings (SSSR count). The van der Waals surface area contributed by atoms with Crippen molar-refractivity contribution in [2.75, 3.05) is 11.9 Å². The molecule has 88 valence electrons. The molecule has 5 heteroatoms. The summed E-state index contributed by atoms with van der Waals surface area (Å²) in [5, 5.41) is 0.977. The van der Waals surface area contributed by atoms with Crippen LogP contribution in [-0.4, -0.2) is 32.2 Å². The summed E-state index contributed by atoms with van der Waals surface area (Å²) in [4.78, 5) is 18.0. The number of carbonyl (C=O) groups is 1. The van der Waals surface area contributed by atoms with Gasteiger partial charge in [0.25, 0.3) is 0 Å². The Hall–Kier alpha value is -0.840. The zero-order valence-electron chi connectivity index (χ0n) is 9.23. The highest BCUT2D eigenvalue weighted by Gasteiger charge is 2.20. The summed E-state index contributed by atoms with van der Waals surface area (Å²) in [6.07, 6.45) is 6.46. The lowest BCUT2D eigenvalue weighted by Gasteiger charge is -2.27. The third kappa shape index (κ3) is 2.64. The normalized spacial score (nSPS) is 14.9. The summed E-state index contributed by atoms with van der Waals surface area (Å²) in [5.74, 6) is 1.26. The molecule has 1 aromatic rings. The van der Waals surface area contributed by atoms with Crippen LogP contribution in [-0.2, 0) is 17.9 Å². The Kier molecular flexibility index (Phi) is 3.98. The second kappa shape index (κ2) is 5.48. The van der Waals surface area contributed by atoms with Gasteiger partial charge in [-0.1, -0.05) is 15.9 Å². The van der Waals surface area contributed by atoms with Gasteiger partial charge in [-0.05, 0) is 12.8 Å². The monoisotopic (exact) mass is 285 g/mol. The van der Waals surface area contributed by atoms with Crippen LogP contribution in [0.25, 0.3) is 0 Å². The number of fused-ring (bicyclic) bond motifs is 1. The lowest BCUT2D eigenvalue weighted by molar-refractivity contribution is -0.132. The molecule has 0 N–H and O–H groups in total. The molecule has 0 bridgehead atoms. The van der Waals surface area contributed by atoms with Gasteiger partial charge in [-0.3, -0.25) is 4.79 Å². The van der Waals surface area contributed by atoms with E-state index in [4.69, 9.17) is 0 Å². The minimum Gasteiger partial charge on any atom is -0.333 e. The first-order chi connectivity index (χ1) is 7.81. The van der Waals surface area contributed by atoms with Crippen LogP contribution in [0.2, 0.25) is 0 Å². The minimum atomic E-state index is 0.259. The van der Waals surface area contributed by atoms with Crippen molar-refractivity contribution >= 4 is 21.8 Å². The highest BCUT2D eigenvalue weighted by Crippen LogP contribution is 2.12. The van der Waals surface area contributed by atoms with E-state index in [2.05, 4.69) is 25.5 Å². The number of hydrogen-bond donors (Lipinski definition) is 0. The van der Waals surface area contributed by atoms with E-state index in [1.54, 1.807) is 6.20 Å². The fraction of sp³-hybridized carbons (Fsp3) is 0.636. The SMILES string of the molecule is O=C(CCCCBr)N1CCn2ccnc2C1. The van der Waals surface area contributed by atoms with Crippen LogP contribution >= 0.6 is 15.9 Å². The number of rotatable bonds is 4. The maximum atomic E-state index is 11.9. The molecule has 0 saturated heterocycles. The van der Waals surface area contributed by atoms with Crippen molar-refractivity contribution in [1.29, 1.82) is 0 Å². The van der Waals surface area contributed by atoms with Crippen LogP contribution in [0.1, 0.15) is 25.1 Å². The van der Waals surface area contributed by atoms with Gasteiger partial charge in [0.2, 0.25) is 5.91 Å². The number of imidazole rings is 1. The molecular weight excluding hydrogens is 270 g/mol. The third-order valence-electron chi connectivity index (χ3n) is 2.87. The highest BCUT2D eigenvalue weighted by molar-refractivity contribution is 9.09. The van der Waals surface area contributed by atoms with E-state index in [0.717, 1.165) is 37.1 Å². The first-order valence-corrected chi connectivity index (χ1v) is 6.77. The quantitative estimate of drug-likeness (QED) is 0.625. The summed E-state index contributed by atoms with van der Waals surface area (Å²) in [7, 11) is 0. The maximum Gasteiger partial charge on any atom is 0.223 e. The third-order valence-corrected chi connectivity index (χ3v) is 3.43. The van der Waals surface area contributed by atoms with Gasteiger partial charge in [-0.2, -0.15) is 0 Å². The Labute approximate surface area is 104 Å². The number of carbonyl (C=O) groups excluding carboxylic acids is 1. The number of unbranched alkanes of at least 4 members (excludes halogenated alkanes) is 1. The maximum absolute atomic E-state index is 11.9. The molecule has 0 aliphatic carbocycles. The van der Waals surface area contributed by atoms with E-state index < -0.39 is 0 Å². The molecule has 0 radical (unpaired) electrons. The van der Waals surface area contributed by atoms with Gasteiger partial charge in [0, 0.05) is 37.2 Å². The number of nitrogens with zero attached hydrogens (tertiary/aromatic N) is 3. The van der Waals surface area contributed by atoms with Crippen molar-refractivity contribution in [1.82, 2.24) is 14.5 Å². The zero-order valence-corrected chi connectivity index (χ0v) is 10.8. The predicted octanol–water partition coefficient (Wildman–Crippen LogP) is 1.79. The molecule has 0 spiro atoms. The fourth-order valence-electron chi connectivity index (χ4n) is 1.92. The summed E-state index contributed by atoms with van der Waals surface area (Å²) >= 11 is 3.37. The molecule has 4 nitrogen and oxygen atoms in total. The van der Waals surface area contributed by atoms with Gasteiger partial charge >= 0.3 is 0 Å². The number of alkyl halides is 1. The average molecular weight is 286 g/mol. The first-order valence-electron chi connectivity index (χ1n) is 5.65. The molecular formula is C11H16BrN3O. The van der Waals surface area contributed by atoms with Crippen molar-refractivity contribution in [3.8, 4) is 0 Å². The summed E-state index contributed by atoms with van der Waals surface area (Å²) in [6, 6.07) is 0. The van der Waals surface area contributed by atoms with Crippen molar-refractivity contribution < 1.29 is 4.79 Å². The molecule has 1 aliphatic rings. The predicted molar refractivity (Wildman–Crippen MR) is 65.3 cm³/mol. The Morgan fingerprint density at radius 2 is 2.31 bits per heavy atom. The molecule has 0 aromatic carbocycles. The van der Waals surface area contributed by atoms with Gasteiger partial charge in [-0.25, -0.2) is 4.98 Å². The summed E-state index contributed by atoms with van der Waals surface area (Å²) in [5.41, 5.74) is 0. The van der Waals surface area contributed by atoms with E-state index in [0.29, 0.717) is 13.0 Å². The first kappa shape index (κ1) is 11.6. The number of halogens is 1. The van der Waals surface area contributed by atoms with Gasteiger partial charge in [0.05, 0.1) is 6.54 Å². The van der Waals surface area contributed by atoms with E-state index in [9.17, 15) is 4.79 Å². The summed E-state index contributed by atoms with van der Waals surface area (Å²) in [6.45, 7) is 2.36. The van der Waals surface area contributed by atoms with Crippen LogP contribution < -0.4 is 0 Å². The number of aromatic nitrogens is 2. The smallest absolute Gasteiger partial charge is 0.223 e. The van der Waals surface area contributed by atoms with Crippen molar-refractivity contribution in [3.63, 3.8) is 0 Å². The molecule has 0 unspecified atom stereocenters. The summed E-state index contributed by atoms with van der Waals surface area (Å²) < 4.78 is 2.11. The second-order valence-electron chi connectivity index (χ2n) is 4.00. The Morgan fingerprint density at radius 3 is 3.12 bits per heavy atom. The molecule has 0 atom stereocenters. The minimum absolute atomic E-state index is 0.259. The van der Waals surface area contributed by atoms with Crippen molar-refractivity contribution in [3.05, 3.63) is 18.2 Å². The van der Waals surface area contributed by atoms with Gasteiger partial charge in [0.1, 0.15) is 5.82 Å². The van der Waals surface area contributed by atoms with Gasteiger partial charge < -0.3 is 9.47 Å². The fourth-order valence-corrected chi connectivity index (χ4v) is 2.31.